The highest BCUT2D eigenvalue weighted by Gasteiger charge is 2.17. The van der Waals surface area contributed by atoms with Gasteiger partial charge < -0.3 is 10.0 Å². The number of allylic oxidation sites excluding steroid dienone is 1. The first kappa shape index (κ1) is 14.6. The van der Waals surface area contributed by atoms with Crippen LogP contribution in [-0.2, 0) is 0 Å². The zero-order valence-corrected chi connectivity index (χ0v) is 12.1. The molecule has 0 aromatic heterocycles. The van der Waals surface area contributed by atoms with Crippen LogP contribution in [0.3, 0.4) is 0 Å². The molecule has 1 N–H and O–H groups in total. The third-order valence-electron chi connectivity index (χ3n) is 2.39. The molecule has 0 atom stereocenters. The predicted molar refractivity (Wildman–Crippen MR) is 73.9 cm³/mol. The van der Waals surface area contributed by atoms with E-state index in [0.717, 1.165) is 12.3 Å². The van der Waals surface area contributed by atoms with Gasteiger partial charge in [0.15, 0.2) is 0 Å². The van der Waals surface area contributed by atoms with Gasteiger partial charge >= 0.3 is 0 Å². The molecule has 1 aliphatic rings. The van der Waals surface area contributed by atoms with Crippen molar-refractivity contribution in [2.24, 2.45) is 0 Å². The van der Waals surface area contributed by atoms with E-state index in [4.69, 9.17) is 5.11 Å². The van der Waals surface area contributed by atoms with Crippen molar-refractivity contribution in [3.63, 3.8) is 0 Å². The summed E-state index contributed by atoms with van der Waals surface area (Å²) in [4.78, 5) is 3.79. The average molecular weight is 329 g/mol. The summed E-state index contributed by atoms with van der Waals surface area (Å²) in [5.41, 5.74) is 1.38. The van der Waals surface area contributed by atoms with Crippen molar-refractivity contribution in [3.8, 4) is 0 Å². The Hall–Kier alpha value is 0.580. The van der Waals surface area contributed by atoms with Crippen LogP contribution in [0.4, 0.5) is 0 Å². The Balaban J connectivity index is 0.00000169. The fraction of sp³-hybridized carbons (Fsp3) is 0.800. The zero-order valence-electron chi connectivity index (χ0n) is 8.95. The molecule has 0 bridgehead atoms. The molecule has 1 heterocycles. The Morgan fingerprint density at radius 2 is 2.21 bits per heavy atom. The van der Waals surface area contributed by atoms with Gasteiger partial charge in [0.25, 0.3) is 0 Å². The van der Waals surface area contributed by atoms with Gasteiger partial charge in [0.1, 0.15) is 0 Å². The minimum Gasteiger partial charge on any atom is -0.396 e. The molecule has 1 aliphatic heterocycles. The molecule has 0 unspecified atom stereocenters. The van der Waals surface area contributed by atoms with E-state index in [1.54, 1.807) is 0 Å². The third kappa shape index (κ3) is 3.98. The van der Waals surface area contributed by atoms with E-state index in [0.29, 0.717) is 0 Å². The Bertz CT molecular complexity index is 197. The van der Waals surface area contributed by atoms with Gasteiger partial charge in [-0.1, -0.05) is 13.3 Å². The lowest BCUT2D eigenvalue weighted by atomic mass is 10.3. The summed E-state index contributed by atoms with van der Waals surface area (Å²) in [6.07, 6.45) is 3.35. The van der Waals surface area contributed by atoms with Crippen LogP contribution in [-0.4, -0.2) is 29.0 Å². The maximum absolute atomic E-state index is 8.84. The number of halogens is 1. The lowest BCUT2D eigenvalue weighted by molar-refractivity contribution is 0.300. The first-order valence-corrected chi connectivity index (χ1v) is 5.96. The highest BCUT2D eigenvalue weighted by atomic mass is 127. The van der Waals surface area contributed by atoms with E-state index in [1.165, 1.54) is 30.0 Å². The van der Waals surface area contributed by atoms with E-state index >= 15 is 0 Å². The van der Waals surface area contributed by atoms with E-state index in [1.807, 2.05) is 11.8 Å². The smallest absolute Gasteiger partial charge is 0.0680 e. The molecule has 0 aromatic carbocycles. The van der Waals surface area contributed by atoms with Crippen molar-refractivity contribution >= 4 is 35.7 Å². The molecule has 0 saturated heterocycles. The van der Waals surface area contributed by atoms with E-state index in [2.05, 4.69) is 18.7 Å². The third-order valence-corrected chi connectivity index (χ3v) is 3.68. The van der Waals surface area contributed by atoms with Gasteiger partial charge in [0, 0.05) is 30.2 Å². The molecular weight excluding hydrogens is 309 g/mol. The van der Waals surface area contributed by atoms with Crippen molar-refractivity contribution in [1.82, 2.24) is 4.90 Å². The number of hydrogen-bond acceptors (Lipinski definition) is 3. The Labute approximate surface area is 108 Å². The van der Waals surface area contributed by atoms with Crippen LogP contribution in [0.15, 0.2) is 10.6 Å². The van der Waals surface area contributed by atoms with E-state index < -0.39 is 0 Å². The van der Waals surface area contributed by atoms with Crippen LogP contribution in [0.2, 0.25) is 0 Å². The maximum atomic E-state index is 8.84. The second-order valence-corrected chi connectivity index (χ2v) is 4.41. The minimum atomic E-state index is 0. The number of aliphatic hydroxyl groups is 1. The minimum absolute atomic E-state index is 0. The second kappa shape index (κ2) is 7.82. The van der Waals surface area contributed by atoms with Gasteiger partial charge in [-0.15, -0.1) is 35.7 Å². The van der Waals surface area contributed by atoms with Crippen LogP contribution in [0, 0.1) is 0 Å². The number of rotatable bonds is 5. The molecule has 0 fully saturated rings. The van der Waals surface area contributed by atoms with E-state index in [9.17, 15) is 0 Å². The molecule has 14 heavy (non-hydrogen) atoms. The number of aliphatic hydroxyl groups excluding tert-OH is 1. The highest BCUT2D eigenvalue weighted by molar-refractivity contribution is 14.0. The molecule has 4 heteroatoms. The van der Waals surface area contributed by atoms with Crippen LogP contribution in [0.25, 0.3) is 0 Å². The summed E-state index contributed by atoms with van der Waals surface area (Å²) in [6.45, 7) is 5.84. The van der Waals surface area contributed by atoms with Gasteiger partial charge in [-0.05, 0) is 13.3 Å². The summed E-state index contributed by atoms with van der Waals surface area (Å²) in [5.74, 6) is 1.08. The number of thioether (sulfide) groups is 1. The van der Waals surface area contributed by atoms with Gasteiger partial charge in [-0.25, -0.2) is 0 Å². The first-order chi connectivity index (χ1) is 6.29. The van der Waals surface area contributed by atoms with Gasteiger partial charge in [-0.3, -0.25) is 0 Å². The van der Waals surface area contributed by atoms with Crippen molar-refractivity contribution < 1.29 is 5.11 Å². The van der Waals surface area contributed by atoms with Crippen molar-refractivity contribution in [2.75, 3.05) is 19.0 Å². The van der Waals surface area contributed by atoms with Crippen LogP contribution in [0.5, 0.6) is 0 Å². The Morgan fingerprint density at radius 3 is 2.79 bits per heavy atom. The van der Waals surface area contributed by atoms with Crippen LogP contribution >= 0.6 is 35.7 Å². The van der Waals surface area contributed by atoms with Crippen molar-refractivity contribution in [1.29, 1.82) is 0 Å². The van der Waals surface area contributed by atoms with Crippen molar-refractivity contribution in [3.05, 3.63) is 10.6 Å². The van der Waals surface area contributed by atoms with Crippen LogP contribution in [0.1, 0.15) is 33.1 Å². The van der Waals surface area contributed by atoms with E-state index in [-0.39, 0.29) is 30.6 Å². The summed E-state index contributed by atoms with van der Waals surface area (Å²) < 4.78 is 0. The summed E-state index contributed by atoms with van der Waals surface area (Å²) >= 11 is 1.88. The molecule has 0 spiro atoms. The monoisotopic (exact) mass is 329 g/mol. The number of nitrogens with zero attached hydrogens (tertiary/aromatic N) is 1. The molecule has 0 saturated carbocycles. The second-order valence-electron chi connectivity index (χ2n) is 3.37. The average Bonchev–Trinajstić information content (AvgIpc) is 2.46. The zero-order chi connectivity index (χ0) is 9.68. The summed E-state index contributed by atoms with van der Waals surface area (Å²) in [7, 11) is 0. The Kier molecular flexibility index (Phi) is 8.14. The predicted octanol–water partition coefficient (Wildman–Crippen LogP) is 3.02. The molecule has 0 aromatic rings. The maximum Gasteiger partial charge on any atom is 0.0680 e. The van der Waals surface area contributed by atoms with Crippen LogP contribution < -0.4 is 0 Å². The molecule has 0 radical (unpaired) electrons. The highest BCUT2D eigenvalue weighted by Crippen LogP contribution is 2.33. The SMILES string of the molecule is CCCCN1CSC(CCO)=C1C.I. The largest absolute Gasteiger partial charge is 0.396 e. The Morgan fingerprint density at radius 1 is 1.50 bits per heavy atom. The fourth-order valence-electron chi connectivity index (χ4n) is 1.47. The molecule has 2 nitrogen and oxygen atoms in total. The topological polar surface area (TPSA) is 23.5 Å². The standard InChI is InChI=1S/C10H19NOS.HI/c1-3-4-6-11-8-13-10(5-7-12)9(11)2;/h12H,3-8H2,1-2H3;1H. The molecule has 1 rings (SSSR count). The molecule has 0 amide bonds. The summed E-state index contributed by atoms with van der Waals surface area (Å²) in [6, 6.07) is 0. The number of unbranched alkanes of at least 4 members (excludes halogenated alkanes) is 1. The lowest BCUT2D eigenvalue weighted by Crippen LogP contribution is -2.18. The van der Waals surface area contributed by atoms with Gasteiger partial charge in [0.05, 0.1) is 5.88 Å². The molecule has 0 aliphatic carbocycles. The molecular formula is C10H20INOS. The van der Waals surface area contributed by atoms with Gasteiger partial charge in [0.2, 0.25) is 0 Å². The fourth-order valence-corrected chi connectivity index (χ4v) is 2.68. The van der Waals surface area contributed by atoms with Gasteiger partial charge in [-0.2, -0.15) is 0 Å². The quantitative estimate of drug-likeness (QED) is 0.785. The summed E-state index contributed by atoms with van der Waals surface area (Å²) in [5, 5.41) is 8.84. The number of hydrogen-bond donors (Lipinski definition) is 1. The lowest BCUT2D eigenvalue weighted by Gasteiger charge is -2.18. The van der Waals surface area contributed by atoms with Crippen molar-refractivity contribution in [2.45, 2.75) is 33.1 Å². The first-order valence-electron chi connectivity index (χ1n) is 4.98. The molecule has 84 valence electrons. The normalized spacial score (nSPS) is 16.1.